The van der Waals surface area contributed by atoms with E-state index in [1.54, 1.807) is 30.1 Å². The number of carbonyl (C=O) groups excluding carboxylic acids is 3. The standard InChI is InChI=1S/C18H23N3O3.ClH/c1-3-4-9-21-17(23)14-6-5-12(10-15(14)18(21)24)16(22)20(2)13-7-8-19-11-13;/h5-6,10,13,19H,3-4,7-9,11H2,1-2H3;1H. The maximum absolute atomic E-state index is 12.7. The van der Waals surface area contributed by atoms with Gasteiger partial charge in [-0.25, -0.2) is 0 Å². The molecule has 3 rings (SSSR count). The molecule has 1 unspecified atom stereocenters. The SMILES string of the molecule is CCCCN1C(=O)c2ccc(C(=O)N(C)C3CCNC3)cc2C1=O.Cl. The quantitative estimate of drug-likeness (QED) is 0.809. The number of carbonyl (C=O) groups is 3. The highest BCUT2D eigenvalue weighted by atomic mass is 35.5. The first kappa shape index (κ1) is 19.4. The second kappa shape index (κ2) is 7.97. The van der Waals surface area contributed by atoms with Crippen molar-refractivity contribution in [1.82, 2.24) is 15.1 Å². The lowest BCUT2D eigenvalue weighted by Crippen LogP contribution is -2.38. The minimum absolute atomic E-state index is 0. The molecule has 6 nitrogen and oxygen atoms in total. The molecule has 25 heavy (non-hydrogen) atoms. The zero-order valence-corrected chi connectivity index (χ0v) is 15.4. The maximum Gasteiger partial charge on any atom is 0.261 e. The Morgan fingerprint density at radius 1 is 1.28 bits per heavy atom. The molecule has 2 heterocycles. The summed E-state index contributed by atoms with van der Waals surface area (Å²) >= 11 is 0. The van der Waals surface area contributed by atoms with Crippen molar-refractivity contribution in [3.8, 4) is 0 Å². The number of benzene rings is 1. The molecule has 1 saturated heterocycles. The van der Waals surface area contributed by atoms with Crippen LogP contribution >= 0.6 is 12.4 Å². The van der Waals surface area contributed by atoms with E-state index in [4.69, 9.17) is 0 Å². The molecule has 1 aromatic carbocycles. The number of likely N-dealkylation sites (N-methyl/N-ethyl adjacent to an activating group) is 1. The van der Waals surface area contributed by atoms with Crippen LogP contribution in [-0.2, 0) is 0 Å². The second-order valence-electron chi connectivity index (χ2n) is 6.44. The Morgan fingerprint density at radius 2 is 2.00 bits per heavy atom. The molecule has 1 aromatic rings. The lowest BCUT2D eigenvalue weighted by molar-refractivity contribution is 0.0651. The van der Waals surface area contributed by atoms with E-state index in [9.17, 15) is 14.4 Å². The molecule has 0 aliphatic carbocycles. The van der Waals surface area contributed by atoms with Gasteiger partial charge in [-0.05, 0) is 37.6 Å². The Bertz CT molecular complexity index is 686. The number of halogens is 1. The Balaban J connectivity index is 0.00000225. The number of hydrogen-bond donors (Lipinski definition) is 1. The highest BCUT2D eigenvalue weighted by molar-refractivity contribution is 6.22. The molecule has 0 saturated carbocycles. The summed E-state index contributed by atoms with van der Waals surface area (Å²) in [5.41, 5.74) is 1.21. The van der Waals surface area contributed by atoms with Gasteiger partial charge in [-0.2, -0.15) is 0 Å². The first-order valence-corrected chi connectivity index (χ1v) is 8.52. The van der Waals surface area contributed by atoms with Crippen molar-refractivity contribution in [3.05, 3.63) is 34.9 Å². The van der Waals surface area contributed by atoms with E-state index in [1.165, 1.54) is 4.90 Å². The second-order valence-corrected chi connectivity index (χ2v) is 6.44. The van der Waals surface area contributed by atoms with Gasteiger partial charge in [0.15, 0.2) is 0 Å². The Kier molecular flexibility index (Phi) is 6.19. The van der Waals surface area contributed by atoms with Crippen LogP contribution in [0.3, 0.4) is 0 Å². The van der Waals surface area contributed by atoms with Crippen LogP contribution in [-0.4, -0.2) is 60.2 Å². The largest absolute Gasteiger partial charge is 0.337 e. The summed E-state index contributed by atoms with van der Waals surface area (Å²) in [4.78, 5) is 40.5. The lowest BCUT2D eigenvalue weighted by Gasteiger charge is -2.23. The van der Waals surface area contributed by atoms with E-state index in [2.05, 4.69) is 5.32 Å². The zero-order valence-electron chi connectivity index (χ0n) is 14.6. The van der Waals surface area contributed by atoms with Crippen molar-refractivity contribution in [3.63, 3.8) is 0 Å². The first-order valence-electron chi connectivity index (χ1n) is 8.52. The molecule has 2 aliphatic rings. The highest BCUT2D eigenvalue weighted by Gasteiger charge is 2.36. The summed E-state index contributed by atoms with van der Waals surface area (Å²) in [5, 5.41) is 3.24. The molecule has 1 N–H and O–H groups in total. The summed E-state index contributed by atoms with van der Waals surface area (Å²) in [6.45, 7) is 4.14. The van der Waals surface area contributed by atoms with Gasteiger partial charge in [0.2, 0.25) is 0 Å². The van der Waals surface area contributed by atoms with Crippen molar-refractivity contribution in [2.45, 2.75) is 32.2 Å². The monoisotopic (exact) mass is 365 g/mol. The van der Waals surface area contributed by atoms with Crippen molar-refractivity contribution >= 4 is 30.1 Å². The van der Waals surface area contributed by atoms with Gasteiger partial charge in [0.05, 0.1) is 11.1 Å². The summed E-state index contributed by atoms with van der Waals surface area (Å²) in [7, 11) is 1.79. The molecule has 136 valence electrons. The van der Waals surface area contributed by atoms with Gasteiger partial charge in [0.1, 0.15) is 0 Å². The van der Waals surface area contributed by atoms with Gasteiger partial charge in [0, 0.05) is 31.7 Å². The number of imide groups is 1. The number of hydrogen-bond acceptors (Lipinski definition) is 4. The van der Waals surface area contributed by atoms with Crippen LogP contribution in [0.15, 0.2) is 18.2 Å². The fourth-order valence-corrected chi connectivity index (χ4v) is 3.28. The molecule has 2 aliphatic heterocycles. The van der Waals surface area contributed by atoms with E-state index in [-0.39, 0.29) is 36.2 Å². The normalized spacial score (nSPS) is 19.0. The minimum atomic E-state index is -0.289. The lowest BCUT2D eigenvalue weighted by atomic mass is 10.0. The average Bonchev–Trinajstić information content (AvgIpc) is 3.21. The number of amides is 3. The number of fused-ring (bicyclic) bond motifs is 1. The van der Waals surface area contributed by atoms with Gasteiger partial charge in [0.25, 0.3) is 17.7 Å². The summed E-state index contributed by atoms with van der Waals surface area (Å²) < 4.78 is 0. The third-order valence-electron chi connectivity index (χ3n) is 4.86. The van der Waals surface area contributed by atoms with Crippen molar-refractivity contribution in [1.29, 1.82) is 0 Å². The molecule has 0 radical (unpaired) electrons. The Hall–Kier alpha value is -1.92. The van der Waals surface area contributed by atoms with E-state index >= 15 is 0 Å². The van der Waals surface area contributed by atoms with Gasteiger partial charge in [-0.1, -0.05) is 13.3 Å². The van der Waals surface area contributed by atoms with Crippen LogP contribution in [0.25, 0.3) is 0 Å². The number of rotatable bonds is 5. The van der Waals surface area contributed by atoms with Gasteiger partial charge in [-0.15, -0.1) is 12.4 Å². The number of unbranched alkanes of at least 4 members (excludes halogenated alkanes) is 1. The zero-order chi connectivity index (χ0) is 17.3. The molecule has 7 heteroatoms. The van der Waals surface area contributed by atoms with E-state index in [1.807, 2.05) is 6.92 Å². The molecular weight excluding hydrogens is 342 g/mol. The number of nitrogens with one attached hydrogen (secondary N) is 1. The minimum Gasteiger partial charge on any atom is -0.337 e. The fraction of sp³-hybridized carbons (Fsp3) is 0.500. The summed E-state index contributed by atoms with van der Waals surface area (Å²) in [5.74, 6) is -0.655. The molecule has 3 amide bonds. The van der Waals surface area contributed by atoms with Crippen LogP contribution in [0, 0.1) is 0 Å². The highest BCUT2D eigenvalue weighted by Crippen LogP contribution is 2.25. The Labute approximate surface area is 154 Å². The van der Waals surface area contributed by atoms with Crippen LogP contribution in [0.2, 0.25) is 0 Å². The molecule has 0 spiro atoms. The molecule has 0 aromatic heterocycles. The smallest absolute Gasteiger partial charge is 0.261 e. The summed E-state index contributed by atoms with van der Waals surface area (Å²) in [6.07, 6.45) is 2.63. The van der Waals surface area contributed by atoms with Crippen LogP contribution in [0.1, 0.15) is 57.3 Å². The molecular formula is C18H24ClN3O3. The topological polar surface area (TPSA) is 69.7 Å². The van der Waals surface area contributed by atoms with Crippen molar-refractivity contribution < 1.29 is 14.4 Å². The number of nitrogens with zero attached hydrogens (tertiary/aromatic N) is 2. The van der Waals surface area contributed by atoms with Crippen molar-refractivity contribution in [2.24, 2.45) is 0 Å². The van der Waals surface area contributed by atoms with Crippen molar-refractivity contribution in [2.75, 3.05) is 26.7 Å². The molecule has 1 fully saturated rings. The maximum atomic E-state index is 12.7. The van der Waals surface area contributed by atoms with Crippen LogP contribution in [0.4, 0.5) is 0 Å². The van der Waals surface area contributed by atoms with Gasteiger partial charge in [-0.3, -0.25) is 19.3 Å². The predicted molar refractivity (Wildman–Crippen MR) is 97.3 cm³/mol. The van der Waals surface area contributed by atoms with E-state index in [0.717, 1.165) is 32.4 Å². The van der Waals surface area contributed by atoms with E-state index in [0.29, 0.717) is 23.2 Å². The van der Waals surface area contributed by atoms with Crippen LogP contribution < -0.4 is 5.32 Å². The third kappa shape index (κ3) is 3.55. The van der Waals surface area contributed by atoms with Gasteiger partial charge >= 0.3 is 0 Å². The third-order valence-corrected chi connectivity index (χ3v) is 4.86. The fourth-order valence-electron chi connectivity index (χ4n) is 3.28. The summed E-state index contributed by atoms with van der Waals surface area (Å²) in [6, 6.07) is 5.00. The molecule has 1 atom stereocenters. The predicted octanol–water partition coefficient (Wildman–Crippen LogP) is 1.94. The van der Waals surface area contributed by atoms with E-state index < -0.39 is 0 Å². The molecule has 0 bridgehead atoms. The Morgan fingerprint density at radius 3 is 2.64 bits per heavy atom. The van der Waals surface area contributed by atoms with Gasteiger partial charge < -0.3 is 10.2 Å². The first-order chi connectivity index (χ1) is 11.5. The average molecular weight is 366 g/mol. The van der Waals surface area contributed by atoms with Crippen LogP contribution in [0.5, 0.6) is 0 Å².